The van der Waals surface area contributed by atoms with Crippen LogP contribution < -0.4 is 0 Å². The standard InChI is InChI=1S/C18H24FNO/c1-5-17-12(3)11(2)13(4)18(21-17)20-10-9-14-15(19)7-6-8-16(14)20/h6-13,17-18H,5H2,1-4H3/t11-,12-,13+,17+,18?/m0/s1. The van der Waals surface area contributed by atoms with Crippen LogP contribution >= 0.6 is 0 Å². The minimum atomic E-state index is -0.164. The molecule has 1 aromatic heterocycles. The molecule has 114 valence electrons. The van der Waals surface area contributed by atoms with E-state index in [2.05, 4.69) is 32.3 Å². The Morgan fingerprint density at radius 1 is 1.10 bits per heavy atom. The molecule has 21 heavy (non-hydrogen) atoms. The van der Waals surface area contributed by atoms with Crippen molar-refractivity contribution in [2.75, 3.05) is 0 Å². The maximum Gasteiger partial charge on any atom is 0.137 e. The maximum absolute atomic E-state index is 13.9. The summed E-state index contributed by atoms with van der Waals surface area (Å²) in [5.41, 5.74) is 0.920. The summed E-state index contributed by atoms with van der Waals surface area (Å²) in [6.07, 6.45) is 3.24. The van der Waals surface area contributed by atoms with Gasteiger partial charge >= 0.3 is 0 Å². The maximum atomic E-state index is 13.9. The van der Waals surface area contributed by atoms with E-state index in [0.29, 0.717) is 23.1 Å². The number of hydrogen-bond donors (Lipinski definition) is 0. The van der Waals surface area contributed by atoms with Crippen LogP contribution in [0.15, 0.2) is 30.5 Å². The third-order valence-corrected chi connectivity index (χ3v) is 5.40. The van der Waals surface area contributed by atoms with E-state index < -0.39 is 0 Å². The van der Waals surface area contributed by atoms with E-state index in [0.717, 1.165) is 11.9 Å². The Labute approximate surface area is 125 Å². The van der Waals surface area contributed by atoms with Crippen LogP contribution in [0.1, 0.15) is 40.3 Å². The second kappa shape index (κ2) is 5.45. The van der Waals surface area contributed by atoms with Gasteiger partial charge in [0.2, 0.25) is 0 Å². The van der Waals surface area contributed by atoms with Gasteiger partial charge in [-0.3, -0.25) is 0 Å². The van der Waals surface area contributed by atoms with Crippen LogP contribution in [0.5, 0.6) is 0 Å². The molecule has 1 aromatic carbocycles. The first kappa shape index (κ1) is 14.6. The zero-order valence-corrected chi connectivity index (χ0v) is 13.2. The lowest BCUT2D eigenvalue weighted by atomic mass is 9.77. The van der Waals surface area contributed by atoms with Crippen molar-refractivity contribution >= 4 is 10.9 Å². The van der Waals surface area contributed by atoms with Gasteiger partial charge in [0.25, 0.3) is 0 Å². The predicted molar refractivity (Wildman–Crippen MR) is 83.6 cm³/mol. The van der Waals surface area contributed by atoms with E-state index >= 15 is 0 Å². The smallest absolute Gasteiger partial charge is 0.137 e. The third kappa shape index (κ3) is 2.28. The molecule has 1 fully saturated rings. The Kier molecular flexibility index (Phi) is 3.78. The highest BCUT2D eigenvalue weighted by Crippen LogP contribution is 2.42. The largest absolute Gasteiger partial charge is 0.354 e. The highest BCUT2D eigenvalue weighted by Gasteiger charge is 2.39. The first-order valence-corrected chi connectivity index (χ1v) is 7.95. The molecule has 3 heteroatoms. The van der Waals surface area contributed by atoms with Gasteiger partial charge in [-0.15, -0.1) is 0 Å². The van der Waals surface area contributed by atoms with Crippen LogP contribution in [0, 0.1) is 23.6 Å². The highest BCUT2D eigenvalue weighted by atomic mass is 19.1. The molecule has 3 rings (SSSR count). The lowest BCUT2D eigenvalue weighted by Gasteiger charge is -2.44. The first-order valence-electron chi connectivity index (χ1n) is 7.95. The van der Waals surface area contributed by atoms with Crippen molar-refractivity contribution in [3.63, 3.8) is 0 Å². The molecule has 1 unspecified atom stereocenters. The molecule has 0 radical (unpaired) electrons. The van der Waals surface area contributed by atoms with Gasteiger partial charge in [-0.25, -0.2) is 4.39 Å². The minimum Gasteiger partial charge on any atom is -0.354 e. The fourth-order valence-corrected chi connectivity index (χ4v) is 3.66. The van der Waals surface area contributed by atoms with Crippen LogP contribution in [0.2, 0.25) is 0 Å². The Morgan fingerprint density at radius 3 is 2.57 bits per heavy atom. The minimum absolute atomic E-state index is 0.0135. The van der Waals surface area contributed by atoms with Crippen molar-refractivity contribution < 1.29 is 9.13 Å². The Hall–Kier alpha value is -1.35. The Balaban J connectivity index is 2.03. The van der Waals surface area contributed by atoms with Crippen molar-refractivity contribution in [1.29, 1.82) is 0 Å². The van der Waals surface area contributed by atoms with Gasteiger partial charge in [0.05, 0.1) is 11.6 Å². The number of nitrogens with zero attached hydrogens (tertiary/aromatic N) is 1. The molecule has 1 saturated heterocycles. The van der Waals surface area contributed by atoms with E-state index in [1.165, 1.54) is 6.07 Å². The van der Waals surface area contributed by atoms with Gasteiger partial charge in [0, 0.05) is 17.5 Å². The zero-order valence-electron chi connectivity index (χ0n) is 13.2. The second-order valence-corrected chi connectivity index (χ2v) is 6.45. The monoisotopic (exact) mass is 289 g/mol. The van der Waals surface area contributed by atoms with Gasteiger partial charge in [0.15, 0.2) is 0 Å². The summed E-state index contributed by atoms with van der Waals surface area (Å²) in [7, 11) is 0. The summed E-state index contributed by atoms with van der Waals surface area (Å²) in [5.74, 6) is 1.38. The average Bonchev–Trinajstić information content (AvgIpc) is 2.91. The summed E-state index contributed by atoms with van der Waals surface area (Å²) in [6, 6.07) is 7.10. The van der Waals surface area contributed by atoms with E-state index in [4.69, 9.17) is 4.74 Å². The number of hydrogen-bond acceptors (Lipinski definition) is 1. The number of aromatic nitrogens is 1. The fourth-order valence-electron chi connectivity index (χ4n) is 3.66. The van der Waals surface area contributed by atoms with Gasteiger partial charge in [0.1, 0.15) is 12.0 Å². The molecular weight excluding hydrogens is 265 g/mol. The van der Waals surface area contributed by atoms with Crippen molar-refractivity contribution in [3.05, 3.63) is 36.3 Å². The van der Waals surface area contributed by atoms with Crippen molar-refractivity contribution in [2.24, 2.45) is 17.8 Å². The van der Waals surface area contributed by atoms with Gasteiger partial charge in [-0.1, -0.05) is 33.8 Å². The number of rotatable bonds is 2. The summed E-state index contributed by atoms with van der Waals surface area (Å²) in [5, 5.41) is 0.674. The molecule has 0 N–H and O–H groups in total. The molecule has 0 bridgehead atoms. The normalized spacial score (nSPS) is 33.5. The third-order valence-electron chi connectivity index (χ3n) is 5.40. The fraction of sp³-hybridized carbons (Fsp3) is 0.556. The lowest BCUT2D eigenvalue weighted by Crippen LogP contribution is -2.42. The Bertz CT molecular complexity index is 633. The number of ether oxygens (including phenoxy) is 1. The van der Waals surface area contributed by atoms with E-state index in [-0.39, 0.29) is 18.1 Å². The van der Waals surface area contributed by atoms with E-state index in [1.807, 2.05) is 18.3 Å². The van der Waals surface area contributed by atoms with E-state index in [1.54, 1.807) is 6.07 Å². The molecule has 0 saturated carbocycles. The average molecular weight is 289 g/mol. The molecule has 0 amide bonds. The summed E-state index contributed by atoms with van der Waals surface area (Å²) in [6.45, 7) is 9.00. The molecular formula is C18H24FNO. The Morgan fingerprint density at radius 2 is 1.86 bits per heavy atom. The molecule has 1 aliphatic heterocycles. The molecule has 2 nitrogen and oxygen atoms in total. The predicted octanol–water partition coefficient (Wildman–Crippen LogP) is 5.00. The van der Waals surface area contributed by atoms with Gasteiger partial charge in [-0.2, -0.15) is 0 Å². The molecule has 0 spiro atoms. The van der Waals surface area contributed by atoms with Crippen molar-refractivity contribution in [2.45, 2.75) is 46.4 Å². The topological polar surface area (TPSA) is 14.2 Å². The highest BCUT2D eigenvalue weighted by molar-refractivity contribution is 5.80. The van der Waals surface area contributed by atoms with Crippen LogP contribution in [-0.2, 0) is 4.74 Å². The zero-order chi connectivity index (χ0) is 15.1. The first-order chi connectivity index (χ1) is 10.0. The van der Waals surface area contributed by atoms with E-state index in [9.17, 15) is 4.39 Å². The summed E-state index contributed by atoms with van der Waals surface area (Å²) in [4.78, 5) is 0. The SMILES string of the molecule is CC[C@H]1OC(n2ccc3c(F)cccc32)[C@H](C)[C@@H](C)[C@@H]1C. The molecule has 2 heterocycles. The van der Waals surface area contributed by atoms with Crippen molar-refractivity contribution in [1.82, 2.24) is 4.57 Å². The number of halogens is 1. The molecule has 5 atom stereocenters. The lowest BCUT2D eigenvalue weighted by molar-refractivity contribution is -0.166. The molecule has 1 aliphatic rings. The summed E-state index contributed by atoms with van der Waals surface area (Å²) < 4.78 is 22.4. The van der Waals surface area contributed by atoms with Crippen LogP contribution in [-0.4, -0.2) is 10.7 Å². The van der Waals surface area contributed by atoms with Gasteiger partial charge in [-0.05, 0) is 36.5 Å². The summed E-state index contributed by atoms with van der Waals surface area (Å²) >= 11 is 0. The number of benzene rings is 1. The molecule has 0 aliphatic carbocycles. The van der Waals surface area contributed by atoms with Crippen LogP contribution in [0.3, 0.4) is 0 Å². The number of fused-ring (bicyclic) bond motifs is 1. The van der Waals surface area contributed by atoms with Crippen LogP contribution in [0.25, 0.3) is 10.9 Å². The van der Waals surface area contributed by atoms with Crippen molar-refractivity contribution in [3.8, 4) is 0 Å². The second-order valence-electron chi connectivity index (χ2n) is 6.45. The molecule has 2 aromatic rings. The quantitative estimate of drug-likeness (QED) is 0.759. The van der Waals surface area contributed by atoms with Crippen LogP contribution in [0.4, 0.5) is 4.39 Å². The van der Waals surface area contributed by atoms with Gasteiger partial charge < -0.3 is 9.30 Å².